The van der Waals surface area contributed by atoms with E-state index in [1.807, 2.05) is 31.0 Å². The van der Waals surface area contributed by atoms with Gasteiger partial charge in [0.15, 0.2) is 22.6 Å². The molecule has 6 aromatic heterocycles. The Bertz CT molecular complexity index is 2330. The van der Waals surface area contributed by atoms with Gasteiger partial charge in [-0.15, -0.1) is 0 Å². The highest BCUT2D eigenvalue weighted by atomic mass is 15.2. The van der Waals surface area contributed by atoms with Gasteiger partial charge in [-0.2, -0.15) is 0 Å². The Morgan fingerprint density at radius 1 is 0.558 bits per heavy atom. The molecule has 2 fully saturated rings. The van der Waals surface area contributed by atoms with Crippen LogP contribution in [0.25, 0.3) is 33.6 Å². The molecule has 10 nitrogen and oxygen atoms in total. The Morgan fingerprint density at radius 2 is 1.02 bits per heavy atom. The number of H-pyrrole nitrogens is 2. The summed E-state index contributed by atoms with van der Waals surface area (Å²) in [6, 6.07) is 26.9. The lowest BCUT2D eigenvalue weighted by atomic mass is 9.83. The zero-order valence-corrected chi connectivity index (χ0v) is 29.5. The Labute approximate surface area is 303 Å². The summed E-state index contributed by atoms with van der Waals surface area (Å²) >= 11 is 0. The molecule has 0 bridgehead atoms. The van der Waals surface area contributed by atoms with Crippen LogP contribution in [0.3, 0.4) is 0 Å². The van der Waals surface area contributed by atoms with Crippen LogP contribution >= 0.6 is 0 Å². The molecule has 0 unspecified atom stereocenters. The molecule has 0 atom stereocenters. The number of hydrogen-bond donors (Lipinski definition) is 3. The third kappa shape index (κ3) is 6.48. The molecule has 0 amide bonds. The van der Waals surface area contributed by atoms with Crippen molar-refractivity contribution in [3.8, 4) is 0 Å². The predicted molar refractivity (Wildman–Crippen MR) is 206 cm³/mol. The van der Waals surface area contributed by atoms with Crippen LogP contribution in [-0.2, 0) is 13.1 Å². The van der Waals surface area contributed by atoms with Gasteiger partial charge < -0.3 is 15.7 Å². The molecule has 10 rings (SSSR count). The Hall–Kier alpha value is -5.32. The van der Waals surface area contributed by atoms with Gasteiger partial charge >= 0.3 is 0 Å². The number of hydrogen-bond acceptors (Lipinski definition) is 6. The standard InChI is InChI=1S/C28H29N5.C14H17N5/c1-3-7-21(8-4-1)19-32(20-22-9-5-2-6-10-22)24-13-11-23(12-14-24)26-17-30-27-18-31-28-25(33(26)27)15-16-29-28;15-10-3-1-9(2-4-10)12-7-17-13-8-18-14-11(19(12)13)5-6-16-14/h1-10,15-18,23-24,29H,11-14,19-20H2;5-10,16H,1-4,15H2. The van der Waals surface area contributed by atoms with Gasteiger partial charge in [-0.05, 0) is 74.6 Å². The van der Waals surface area contributed by atoms with E-state index in [4.69, 9.17) is 5.73 Å². The quantitative estimate of drug-likeness (QED) is 0.155. The normalized spacial score (nSPS) is 20.9. The lowest BCUT2D eigenvalue weighted by Gasteiger charge is -2.37. The van der Waals surface area contributed by atoms with Crippen LogP contribution in [0.2, 0.25) is 0 Å². The average molecular weight is 691 g/mol. The number of imidazole rings is 2. The maximum Gasteiger partial charge on any atom is 0.156 e. The molecule has 0 radical (unpaired) electrons. The van der Waals surface area contributed by atoms with Crippen molar-refractivity contribution in [2.45, 2.75) is 88.4 Å². The lowest BCUT2D eigenvalue weighted by molar-refractivity contribution is 0.133. The van der Waals surface area contributed by atoms with Crippen molar-refractivity contribution >= 4 is 33.6 Å². The second kappa shape index (κ2) is 14.4. The zero-order chi connectivity index (χ0) is 34.9. The van der Waals surface area contributed by atoms with E-state index in [9.17, 15) is 0 Å². The van der Waals surface area contributed by atoms with E-state index in [1.54, 1.807) is 0 Å². The van der Waals surface area contributed by atoms with Gasteiger partial charge in [0.1, 0.15) is 0 Å². The first-order valence-electron chi connectivity index (χ1n) is 18.8. The number of nitrogens with one attached hydrogen (secondary N) is 2. The Kier molecular flexibility index (Phi) is 9.00. The summed E-state index contributed by atoms with van der Waals surface area (Å²) in [4.78, 5) is 27.1. The summed E-state index contributed by atoms with van der Waals surface area (Å²) in [6.45, 7) is 1.99. The van der Waals surface area contributed by atoms with Crippen LogP contribution in [0.15, 0.2) is 110 Å². The summed E-state index contributed by atoms with van der Waals surface area (Å²) in [5.74, 6) is 1.10. The fraction of sp³-hybridized carbons (Fsp3) is 0.333. The van der Waals surface area contributed by atoms with Crippen molar-refractivity contribution in [1.82, 2.24) is 43.6 Å². The minimum atomic E-state index is 0.379. The molecular weight excluding hydrogens is 645 g/mol. The smallest absolute Gasteiger partial charge is 0.156 e. The molecule has 2 saturated carbocycles. The van der Waals surface area contributed by atoms with Gasteiger partial charge in [-0.25, -0.2) is 19.9 Å². The van der Waals surface area contributed by atoms with E-state index >= 15 is 0 Å². The predicted octanol–water partition coefficient (Wildman–Crippen LogP) is 8.13. The van der Waals surface area contributed by atoms with Crippen molar-refractivity contribution in [2.75, 3.05) is 0 Å². The van der Waals surface area contributed by atoms with Crippen LogP contribution in [-0.4, -0.2) is 55.7 Å². The van der Waals surface area contributed by atoms with Gasteiger partial charge in [0.25, 0.3) is 0 Å². The Morgan fingerprint density at radius 3 is 1.50 bits per heavy atom. The highest BCUT2D eigenvalue weighted by molar-refractivity contribution is 5.75. The molecule has 6 heterocycles. The number of nitrogens with zero attached hydrogens (tertiary/aromatic N) is 7. The summed E-state index contributed by atoms with van der Waals surface area (Å²) in [5, 5.41) is 0. The summed E-state index contributed by atoms with van der Waals surface area (Å²) in [5.41, 5.74) is 17.3. The van der Waals surface area contributed by atoms with Gasteiger partial charge in [0.05, 0.1) is 23.4 Å². The van der Waals surface area contributed by atoms with Crippen molar-refractivity contribution in [2.24, 2.45) is 5.73 Å². The molecule has 2 aromatic carbocycles. The van der Waals surface area contributed by atoms with Gasteiger partial charge in [0, 0.05) is 73.2 Å². The summed E-state index contributed by atoms with van der Waals surface area (Å²) in [6.07, 6.45) is 21.0. The molecule has 0 spiro atoms. The molecular formula is C42H46N10. The molecule has 2 aliphatic carbocycles. The maximum atomic E-state index is 6.00. The topological polar surface area (TPSA) is 121 Å². The molecule has 10 heteroatoms. The third-order valence-corrected chi connectivity index (χ3v) is 11.4. The van der Waals surface area contributed by atoms with Gasteiger partial charge in [-0.3, -0.25) is 13.7 Å². The number of rotatable bonds is 7. The van der Waals surface area contributed by atoms with Crippen molar-refractivity contribution in [1.29, 1.82) is 0 Å². The highest BCUT2D eigenvalue weighted by Gasteiger charge is 2.29. The van der Waals surface area contributed by atoms with Crippen LogP contribution in [0.1, 0.15) is 85.7 Å². The van der Waals surface area contributed by atoms with Crippen molar-refractivity contribution in [3.63, 3.8) is 0 Å². The number of benzene rings is 2. The lowest BCUT2D eigenvalue weighted by Crippen LogP contribution is -2.37. The fourth-order valence-corrected chi connectivity index (χ4v) is 8.66. The second-order valence-corrected chi connectivity index (χ2v) is 14.7. The number of aromatic amines is 2. The van der Waals surface area contributed by atoms with E-state index in [0.717, 1.165) is 72.4 Å². The molecule has 2 aliphatic rings. The minimum Gasteiger partial charge on any atom is -0.345 e. The number of nitrogens with two attached hydrogens (primary N) is 1. The Balaban J connectivity index is 0.000000160. The van der Waals surface area contributed by atoms with Crippen LogP contribution in [0.5, 0.6) is 0 Å². The molecule has 0 saturated heterocycles. The van der Waals surface area contributed by atoms with Crippen LogP contribution < -0.4 is 5.73 Å². The summed E-state index contributed by atoms with van der Waals surface area (Å²) in [7, 11) is 0. The van der Waals surface area contributed by atoms with E-state index < -0.39 is 0 Å². The first kappa shape index (κ1) is 32.6. The monoisotopic (exact) mass is 690 g/mol. The third-order valence-electron chi connectivity index (χ3n) is 11.4. The van der Waals surface area contributed by atoms with E-state index in [2.05, 4.69) is 123 Å². The molecule has 4 N–H and O–H groups in total. The minimum absolute atomic E-state index is 0.379. The van der Waals surface area contributed by atoms with Crippen molar-refractivity contribution < 1.29 is 0 Å². The first-order chi connectivity index (χ1) is 25.7. The van der Waals surface area contributed by atoms with Gasteiger partial charge in [-0.1, -0.05) is 60.7 Å². The van der Waals surface area contributed by atoms with Crippen LogP contribution in [0.4, 0.5) is 0 Å². The molecule has 0 aliphatic heterocycles. The maximum absolute atomic E-state index is 6.00. The van der Waals surface area contributed by atoms with Gasteiger partial charge in [0.2, 0.25) is 0 Å². The highest BCUT2D eigenvalue weighted by Crippen LogP contribution is 2.37. The zero-order valence-electron chi connectivity index (χ0n) is 29.5. The van der Waals surface area contributed by atoms with E-state index in [0.29, 0.717) is 23.9 Å². The molecule has 52 heavy (non-hydrogen) atoms. The van der Waals surface area contributed by atoms with E-state index in [-0.39, 0.29) is 0 Å². The SMILES string of the molecule is NC1CCC(c2cnc3cnc4[nH]ccc4n23)CC1.c1ccc(CN(Cc2ccccc2)C2CCC(c3cnc4cnc5[nH]ccc5n34)CC2)cc1. The number of fused-ring (bicyclic) bond motifs is 6. The van der Waals surface area contributed by atoms with E-state index in [1.165, 1.54) is 48.2 Å². The van der Waals surface area contributed by atoms with Crippen LogP contribution in [0, 0.1) is 0 Å². The largest absolute Gasteiger partial charge is 0.345 e. The second-order valence-electron chi connectivity index (χ2n) is 14.7. The number of aromatic nitrogens is 8. The summed E-state index contributed by atoms with van der Waals surface area (Å²) < 4.78 is 4.54. The average Bonchev–Trinajstić information content (AvgIpc) is 4.02. The molecule has 8 aromatic rings. The molecule has 264 valence electrons. The first-order valence-corrected chi connectivity index (χ1v) is 18.8. The van der Waals surface area contributed by atoms with Crippen molar-refractivity contribution in [3.05, 3.63) is 132 Å². The fourth-order valence-electron chi connectivity index (χ4n) is 8.66.